The molecule has 1 fully saturated rings. The summed E-state index contributed by atoms with van der Waals surface area (Å²) in [6.45, 7) is -0.752. The predicted molar refractivity (Wildman–Crippen MR) is 216 cm³/mol. The van der Waals surface area contributed by atoms with Gasteiger partial charge in [-0.2, -0.15) is 0 Å². The Bertz CT molecular complexity index is 2500. The number of halogens is 1. The van der Waals surface area contributed by atoms with E-state index in [1.807, 2.05) is 0 Å². The minimum atomic E-state index is -3.44. The molecule has 6 aromatic rings. The van der Waals surface area contributed by atoms with Crippen LogP contribution in [0.4, 0.5) is 5.82 Å². The summed E-state index contributed by atoms with van der Waals surface area (Å²) in [5.41, 5.74) is 0.443. The van der Waals surface area contributed by atoms with E-state index in [2.05, 4.69) is 19.5 Å². The quantitative estimate of drug-likeness (QED) is 0.0349. The molecule has 20 heteroatoms. The molecule has 1 saturated heterocycles. The number of nitrogens with zero attached hydrogens (tertiary/aromatic N) is 5. The van der Waals surface area contributed by atoms with Gasteiger partial charge in [0.05, 0.1) is 24.1 Å². The van der Waals surface area contributed by atoms with Crippen LogP contribution in [0.3, 0.4) is 0 Å². The highest BCUT2D eigenvalue weighted by atomic mass is 127. The number of anilines is 1. The molecule has 6 atom stereocenters. The van der Waals surface area contributed by atoms with Crippen LogP contribution >= 0.6 is 30.8 Å². The maximum Gasteiger partial charge on any atom is 0.698 e. The normalized spacial score (nSPS) is 18.0. The number of aromatic nitrogens is 4. The largest absolute Gasteiger partial charge is 0.698 e. The van der Waals surface area contributed by atoms with Gasteiger partial charge in [-0.3, -0.25) is 14.2 Å². The number of carbonyl (C=O) groups is 5. The van der Waals surface area contributed by atoms with E-state index in [9.17, 15) is 38.5 Å². The number of esters is 2. The smallest absolute Gasteiger partial charge is 0.477 e. The first kappa shape index (κ1) is 41.8. The molecule has 2 N–H and O–H groups in total. The second-order valence-electron chi connectivity index (χ2n) is 12.7. The minimum Gasteiger partial charge on any atom is -0.477 e. The number of hydrogen-bond acceptors (Lipinski definition) is 14. The Morgan fingerprint density at radius 3 is 1.72 bits per heavy atom. The SMILES string of the molecule is O=C(O[C@@H]1[C@H](OC(=O)c2ccccc2)[C@@H](COC(O[P+](=O)O)C(=O)O)O[C@H]1n1cnc2c(N(C(=O)c3ccccc3)C(=O)c3ccccc3)nc(I)nc21)c1ccccc1. The summed E-state index contributed by atoms with van der Waals surface area (Å²) in [5.74, 6) is -5.18. The fraction of sp³-hybridized carbons (Fsp3) is 0.150. The summed E-state index contributed by atoms with van der Waals surface area (Å²) in [7, 11) is -3.44. The van der Waals surface area contributed by atoms with Crippen molar-refractivity contribution in [2.45, 2.75) is 30.8 Å². The van der Waals surface area contributed by atoms with Gasteiger partial charge in [0.15, 0.2) is 39.2 Å². The molecule has 60 heavy (non-hydrogen) atoms. The molecule has 7 rings (SSSR count). The van der Waals surface area contributed by atoms with Crippen molar-refractivity contribution in [3.05, 3.63) is 154 Å². The van der Waals surface area contributed by atoms with Crippen molar-refractivity contribution < 1.29 is 62.0 Å². The van der Waals surface area contributed by atoms with E-state index in [4.69, 9.17) is 18.9 Å². The first-order valence-corrected chi connectivity index (χ1v) is 19.9. The lowest BCUT2D eigenvalue weighted by Gasteiger charge is -2.25. The standard InChI is InChI=1S/C40H29IN5O13P/c41-40-43-31-28(32(44-40)46(33(47)23-13-5-1-6-14-23)34(48)24-15-7-2-8-16-24)42-22-45(31)35-30(58-38(52)26-19-11-4-12-20-26)29(57-37(51)25-17-9-3-10-18-25)27(56-35)21-55-39(36(49)50)59-60(53)54/h1-20,22,27,29-30,35,39H,21H2,(H-,49,50,53,54)/p+1/t27-,29-,30-,35-,39?/m1/s1. The fourth-order valence-electron chi connectivity index (χ4n) is 6.20. The second kappa shape index (κ2) is 18.7. The molecule has 0 aliphatic carbocycles. The molecule has 1 aliphatic heterocycles. The Morgan fingerprint density at radius 2 is 1.23 bits per heavy atom. The summed E-state index contributed by atoms with van der Waals surface area (Å²) in [5, 5.41) is 9.63. The predicted octanol–water partition coefficient (Wildman–Crippen LogP) is 5.36. The zero-order chi connectivity index (χ0) is 42.3. The molecular formula is C40H30IN5O13P+. The van der Waals surface area contributed by atoms with Crippen LogP contribution < -0.4 is 4.90 Å². The van der Waals surface area contributed by atoms with Gasteiger partial charge in [0.2, 0.25) is 0 Å². The molecule has 1 aliphatic rings. The number of fused-ring (bicyclic) bond motifs is 1. The molecule has 4 aromatic carbocycles. The second-order valence-corrected chi connectivity index (χ2v) is 14.4. The van der Waals surface area contributed by atoms with Gasteiger partial charge in [0, 0.05) is 38.3 Å². The van der Waals surface area contributed by atoms with Crippen LogP contribution in [0.15, 0.2) is 128 Å². The molecule has 0 radical (unpaired) electrons. The van der Waals surface area contributed by atoms with Crippen LogP contribution in [0, 0.1) is 3.83 Å². The van der Waals surface area contributed by atoms with Crippen LogP contribution in [-0.4, -0.2) is 90.5 Å². The van der Waals surface area contributed by atoms with E-state index in [0.29, 0.717) is 0 Å². The maximum atomic E-state index is 14.2. The van der Waals surface area contributed by atoms with Crippen LogP contribution in [0.25, 0.3) is 11.2 Å². The Labute approximate surface area is 353 Å². The number of imide groups is 1. The van der Waals surface area contributed by atoms with E-state index < -0.39 is 75.4 Å². The van der Waals surface area contributed by atoms with Gasteiger partial charge >= 0.3 is 32.5 Å². The third kappa shape index (κ3) is 9.26. The number of aliphatic carboxylic acids is 1. The fourth-order valence-corrected chi connectivity index (χ4v) is 6.97. The number of rotatable bonds is 14. The van der Waals surface area contributed by atoms with E-state index >= 15 is 0 Å². The van der Waals surface area contributed by atoms with Gasteiger partial charge in [-0.25, -0.2) is 34.2 Å². The van der Waals surface area contributed by atoms with Crippen molar-refractivity contribution >= 4 is 77.5 Å². The topological polar surface area (TPSA) is 236 Å². The summed E-state index contributed by atoms with van der Waals surface area (Å²) < 4.78 is 41.0. The molecular weight excluding hydrogens is 916 g/mol. The van der Waals surface area contributed by atoms with Crippen molar-refractivity contribution in [3.63, 3.8) is 0 Å². The van der Waals surface area contributed by atoms with Gasteiger partial charge in [-0.1, -0.05) is 77.3 Å². The zero-order valence-corrected chi connectivity index (χ0v) is 33.7. The number of imidazole rings is 1. The molecule has 0 spiro atoms. The van der Waals surface area contributed by atoms with Crippen molar-refractivity contribution in [2.24, 2.45) is 0 Å². The molecule has 0 bridgehead atoms. The molecule has 3 heterocycles. The van der Waals surface area contributed by atoms with Crippen LogP contribution in [0.5, 0.6) is 0 Å². The third-order valence-electron chi connectivity index (χ3n) is 8.90. The lowest BCUT2D eigenvalue weighted by Crippen LogP contribution is -2.42. The Morgan fingerprint density at radius 1 is 0.750 bits per heavy atom. The first-order valence-electron chi connectivity index (χ1n) is 17.7. The number of carbonyl (C=O) groups excluding carboxylic acids is 4. The highest BCUT2D eigenvalue weighted by Gasteiger charge is 2.52. The van der Waals surface area contributed by atoms with E-state index in [-0.39, 0.29) is 43.1 Å². The van der Waals surface area contributed by atoms with Gasteiger partial charge in [0.1, 0.15) is 6.10 Å². The molecule has 2 amide bonds. The number of carboxylic acids is 1. The third-order valence-corrected chi connectivity index (χ3v) is 9.75. The summed E-state index contributed by atoms with van der Waals surface area (Å²) in [6, 6.07) is 31.8. The Kier molecular flexibility index (Phi) is 13.0. The number of carboxylic acid groups (broad SMARTS) is 1. The van der Waals surface area contributed by atoms with E-state index in [1.165, 1.54) is 59.4 Å². The lowest BCUT2D eigenvalue weighted by atomic mass is 10.1. The van der Waals surface area contributed by atoms with Gasteiger partial charge in [-0.05, 0) is 48.5 Å². The number of benzene rings is 4. The maximum absolute atomic E-state index is 14.2. The van der Waals surface area contributed by atoms with E-state index in [0.717, 1.165) is 4.90 Å². The Balaban J connectivity index is 1.35. The summed E-state index contributed by atoms with van der Waals surface area (Å²) in [6.07, 6.45) is -7.08. The number of amides is 2. The average molecular weight is 947 g/mol. The molecule has 2 unspecified atom stereocenters. The molecule has 18 nitrogen and oxygen atoms in total. The lowest BCUT2D eigenvalue weighted by molar-refractivity contribution is -0.179. The van der Waals surface area contributed by atoms with Gasteiger partial charge in [-0.15, -0.1) is 4.89 Å². The summed E-state index contributed by atoms with van der Waals surface area (Å²) in [4.78, 5) is 91.4. The van der Waals surface area contributed by atoms with Crippen molar-refractivity contribution in [2.75, 3.05) is 11.5 Å². The van der Waals surface area contributed by atoms with Crippen LogP contribution in [0.2, 0.25) is 0 Å². The minimum absolute atomic E-state index is 0.0272. The molecule has 2 aromatic heterocycles. The Hall–Kier alpha value is -6.35. The summed E-state index contributed by atoms with van der Waals surface area (Å²) >= 11 is 1.80. The highest BCUT2D eigenvalue weighted by molar-refractivity contribution is 14.1. The van der Waals surface area contributed by atoms with Crippen molar-refractivity contribution in [1.82, 2.24) is 19.5 Å². The highest BCUT2D eigenvalue weighted by Crippen LogP contribution is 2.38. The van der Waals surface area contributed by atoms with Crippen LogP contribution in [-0.2, 0) is 32.8 Å². The average Bonchev–Trinajstić information content (AvgIpc) is 3.83. The number of ether oxygens (including phenoxy) is 4. The number of hydrogen-bond donors (Lipinski definition) is 2. The van der Waals surface area contributed by atoms with Crippen molar-refractivity contribution in [3.8, 4) is 0 Å². The molecule has 0 saturated carbocycles. The van der Waals surface area contributed by atoms with Crippen molar-refractivity contribution in [1.29, 1.82) is 0 Å². The monoisotopic (exact) mass is 946 g/mol. The van der Waals surface area contributed by atoms with Gasteiger partial charge < -0.3 is 24.1 Å². The first-order chi connectivity index (χ1) is 29.0. The van der Waals surface area contributed by atoms with E-state index in [1.54, 1.807) is 95.4 Å². The van der Waals surface area contributed by atoms with Gasteiger partial charge in [0.25, 0.3) is 11.8 Å². The van der Waals surface area contributed by atoms with Crippen LogP contribution in [0.1, 0.15) is 47.7 Å². The molecule has 304 valence electrons. The zero-order valence-electron chi connectivity index (χ0n) is 30.7.